The molecule has 0 radical (unpaired) electrons. The number of hydrogen-bond acceptors (Lipinski definition) is 1. The van der Waals surface area contributed by atoms with Gasteiger partial charge in [0.1, 0.15) is 5.75 Å². The number of unbranched alkanes of at least 4 members (excludes halogenated alkanes) is 1. The summed E-state index contributed by atoms with van der Waals surface area (Å²) in [6.07, 6.45) is 3.20. The van der Waals surface area contributed by atoms with Gasteiger partial charge in [0.2, 0.25) is 0 Å². The monoisotopic (exact) mass is 257 g/mol. The summed E-state index contributed by atoms with van der Waals surface area (Å²) in [7, 11) is 0. The van der Waals surface area contributed by atoms with Crippen LogP contribution >= 0.6 is 0 Å². The summed E-state index contributed by atoms with van der Waals surface area (Å²) < 4.78 is 41.8. The molecule has 0 atom stereocenters. The average molecular weight is 257 g/mol. The van der Waals surface area contributed by atoms with Crippen molar-refractivity contribution in [3.05, 3.63) is 41.9 Å². The summed E-state index contributed by atoms with van der Waals surface area (Å²) in [5.74, 6) is 0.441. The summed E-state index contributed by atoms with van der Waals surface area (Å²) in [4.78, 5) is 0. The summed E-state index contributed by atoms with van der Waals surface area (Å²) in [6.45, 7) is -0.419. The molecule has 1 aromatic rings. The molecule has 1 rings (SSSR count). The van der Waals surface area contributed by atoms with Gasteiger partial charge in [-0.1, -0.05) is 25.5 Å². The second-order valence-corrected chi connectivity index (χ2v) is 4.27. The van der Waals surface area contributed by atoms with E-state index in [1.807, 2.05) is 12.1 Å². The molecule has 100 valence electrons. The topological polar surface area (TPSA) is 9.23 Å². The summed E-state index contributed by atoms with van der Waals surface area (Å²) >= 11 is 0. The van der Waals surface area contributed by atoms with E-state index in [4.69, 9.17) is 4.74 Å². The SMILES string of the molecule is C=C(COc1ccc(CCCC)cc1)[B-](F)(F)F. The Labute approximate surface area is 106 Å². The lowest BCUT2D eigenvalue weighted by atomic mass is 9.81. The van der Waals surface area contributed by atoms with Crippen LogP contribution < -0.4 is 4.74 Å². The molecule has 0 aliphatic rings. The first-order valence-corrected chi connectivity index (χ1v) is 6.03. The molecule has 0 saturated carbocycles. The quantitative estimate of drug-likeness (QED) is 0.660. The van der Waals surface area contributed by atoms with Crippen molar-refractivity contribution in [3.8, 4) is 5.75 Å². The van der Waals surface area contributed by atoms with E-state index >= 15 is 0 Å². The lowest BCUT2D eigenvalue weighted by Gasteiger charge is -2.18. The first-order valence-electron chi connectivity index (χ1n) is 6.03. The van der Waals surface area contributed by atoms with E-state index in [-0.39, 0.29) is 0 Å². The van der Waals surface area contributed by atoms with Crippen LogP contribution in [0.4, 0.5) is 12.9 Å². The Morgan fingerprint density at radius 3 is 2.33 bits per heavy atom. The third-order valence-corrected chi connectivity index (χ3v) is 2.63. The molecule has 0 aliphatic heterocycles. The minimum Gasteiger partial charge on any atom is -0.492 e. The average Bonchev–Trinajstić information content (AvgIpc) is 2.33. The zero-order valence-corrected chi connectivity index (χ0v) is 10.5. The van der Waals surface area contributed by atoms with Crippen molar-refractivity contribution in [2.24, 2.45) is 0 Å². The number of rotatable bonds is 7. The highest BCUT2D eigenvalue weighted by Gasteiger charge is 2.26. The fourth-order valence-corrected chi connectivity index (χ4v) is 1.40. The Morgan fingerprint density at radius 2 is 1.83 bits per heavy atom. The number of ether oxygens (including phenoxy) is 1. The minimum absolute atomic E-state index is 0.441. The van der Waals surface area contributed by atoms with Gasteiger partial charge in [-0.25, -0.2) is 0 Å². The van der Waals surface area contributed by atoms with Gasteiger partial charge in [0.05, 0.1) is 6.61 Å². The van der Waals surface area contributed by atoms with Gasteiger partial charge in [-0.05, 0) is 30.5 Å². The molecule has 0 aliphatic carbocycles. The molecular formula is C13H17BF3O-. The Morgan fingerprint density at radius 1 is 1.22 bits per heavy atom. The summed E-state index contributed by atoms with van der Waals surface area (Å²) in [5, 5.41) is 0. The van der Waals surface area contributed by atoms with Crippen molar-refractivity contribution < 1.29 is 17.7 Å². The van der Waals surface area contributed by atoms with E-state index < -0.39 is 19.1 Å². The van der Waals surface area contributed by atoms with Gasteiger partial charge in [-0.3, -0.25) is 0 Å². The third kappa shape index (κ3) is 4.86. The highest BCUT2D eigenvalue weighted by atomic mass is 19.4. The smallest absolute Gasteiger partial charge is 0.492 e. The zero-order valence-electron chi connectivity index (χ0n) is 10.5. The van der Waals surface area contributed by atoms with Crippen LogP contribution in [0.1, 0.15) is 25.3 Å². The Balaban J connectivity index is 2.46. The standard InChI is InChI=1S/C13H17BF3O/c1-3-4-5-12-6-8-13(9-7-12)18-10-11(2)14(15,16)17/h6-9H,2-5,10H2,1H3/q-1. The second-order valence-electron chi connectivity index (χ2n) is 4.27. The molecule has 0 aromatic heterocycles. The van der Waals surface area contributed by atoms with Gasteiger partial charge in [0.25, 0.3) is 0 Å². The first kappa shape index (κ1) is 14.7. The largest absolute Gasteiger partial charge is 0.508 e. The van der Waals surface area contributed by atoms with Crippen molar-refractivity contribution in [3.63, 3.8) is 0 Å². The fraction of sp³-hybridized carbons (Fsp3) is 0.385. The second kappa shape index (κ2) is 6.52. The highest BCUT2D eigenvalue weighted by Crippen LogP contribution is 2.20. The van der Waals surface area contributed by atoms with E-state index in [0.717, 1.165) is 19.3 Å². The van der Waals surface area contributed by atoms with Gasteiger partial charge in [0.15, 0.2) is 0 Å². The van der Waals surface area contributed by atoms with Crippen LogP contribution in [0.2, 0.25) is 0 Å². The van der Waals surface area contributed by atoms with E-state index in [1.54, 1.807) is 12.1 Å². The van der Waals surface area contributed by atoms with Crippen molar-refractivity contribution in [2.75, 3.05) is 6.61 Å². The highest BCUT2D eigenvalue weighted by molar-refractivity contribution is 6.66. The first-order chi connectivity index (χ1) is 8.43. The van der Waals surface area contributed by atoms with Gasteiger partial charge in [-0.2, -0.15) is 0 Å². The molecular weight excluding hydrogens is 240 g/mol. The van der Waals surface area contributed by atoms with E-state index in [2.05, 4.69) is 13.5 Å². The molecule has 0 unspecified atom stereocenters. The number of hydrogen-bond donors (Lipinski definition) is 0. The van der Waals surface area contributed by atoms with Gasteiger partial charge in [-0.15, -0.1) is 12.1 Å². The molecule has 1 nitrogen and oxygen atoms in total. The van der Waals surface area contributed by atoms with Gasteiger partial charge >= 0.3 is 6.98 Å². The maximum atomic E-state index is 12.2. The van der Waals surface area contributed by atoms with Gasteiger partial charge in [0, 0.05) is 0 Å². The molecule has 0 N–H and O–H groups in total. The number of benzene rings is 1. The van der Waals surface area contributed by atoms with E-state index in [0.29, 0.717) is 5.75 Å². The predicted molar refractivity (Wildman–Crippen MR) is 68.8 cm³/mol. The molecule has 18 heavy (non-hydrogen) atoms. The van der Waals surface area contributed by atoms with E-state index in [1.165, 1.54) is 5.56 Å². The Bertz CT molecular complexity index is 384. The molecule has 5 heteroatoms. The van der Waals surface area contributed by atoms with Gasteiger partial charge < -0.3 is 17.7 Å². The summed E-state index contributed by atoms with van der Waals surface area (Å²) in [5.41, 5.74) is 0.355. The number of aryl methyl sites for hydroxylation is 1. The molecule has 0 heterocycles. The third-order valence-electron chi connectivity index (χ3n) is 2.63. The molecule has 1 aromatic carbocycles. The van der Waals surface area contributed by atoms with Crippen LogP contribution in [0.5, 0.6) is 5.75 Å². The fourth-order valence-electron chi connectivity index (χ4n) is 1.40. The van der Waals surface area contributed by atoms with Crippen LogP contribution in [-0.2, 0) is 6.42 Å². The van der Waals surface area contributed by atoms with Crippen molar-refractivity contribution >= 4 is 6.98 Å². The molecule has 0 fully saturated rings. The van der Waals surface area contributed by atoms with Crippen LogP contribution in [-0.4, -0.2) is 13.6 Å². The normalized spacial score (nSPS) is 11.3. The zero-order chi connectivity index (χ0) is 13.6. The number of halogens is 3. The van der Waals surface area contributed by atoms with Crippen LogP contribution in [0.25, 0.3) is 0 Å². The Kier molecular flexibility index (Phi) is 5.32. The minimum atomic E-state index is -5.01. The molecule has 0 saturated heterocycles. The molecule has 0 spiro atoms. The van der Waals surface area contributed by atoms with Crippen LogP contribution in [0.15, 0.2) is 36.3 Å². The van der Waals surface area contributed by atoms with Crippen molar-refractivity contribution in [1.82, 2.24) is 0 Å². The van der Waals surface area contributed by atoms with Crippen molar-refractivity contribution in [2.45, 2.75) is 26.2 Å². The predicted octanol–water partition coefficient (Wildman–Crippen LogP) is 4.35. The maximum Gasteiger partial charge on any atom is 0.508 e. The molecule has 0 bridgehead atoms. The van der Waals surface area contributed by atoms with Crippen LogP contribution in [0, 0.1) is 0 Å². The maximum absolute atomic E-state index is 12.2. The Hall–Kier alpha value is -1.39. The lowest BCUT2D eigenvalue weighted by Crippen LogP contribution is -2.23. The summed E-state index contributed by atoms with van der Waals surface area (Å²) in [6, 6.07) is 7.16. The molecule has 0 amide bonds. The lowest BCUT2D eigenvalue weighted by molar-refractivity contribution is 0.346. The van der Waals surface area contributed by atoms with Crippen molar-refractivity contribution in [1.29, 1.82) is 0 Å². The van der Waals surface area contributed by atoms with Crippen LogP contribution in [0.3, 0.4) is 0 Å². The van der Waals surface area contributed by atoms with E-state index in [9.17, 15) is 12.9 Å².